The van der Waals surface area contributed by atoms with Gasteiger partial charge < -0.3 is 4.90 Å². The van der Waals surface area contributed by atoms with Crippen molar-refractivity contribution in [1.29, 1.82) is 0 Å². The zero-order valence-electron chi connectivity index (χ0n) is 18.2. The zero-order valence-corrected chi connectivity index (χ0v) is 18.2. The Hall–Kier alpha value is -3.51. The van der Waals surface area contributed by atoms with Crippen molar-refractivity contribution in [1.82, 2.24) is 4.90 Å². The van der Waals surface area contributed by atoms with Crippen molar-refractivity contribution in [2.75, 3.05) is 18.0 Å². The Morgan fingerprint density at radius 1 is 0.969 bits per heavy atom. The van der Waals surface area contributed by atoms with E-state index in [2.05, 4.69) is 4.90 Å². The zero-order chi connectivity index (χ0) is 22.5. The van der Waals surface area contributed by atoms with Crippen LogP contribution in [0.3, 0.4) is 0 Å². The molecule has 1 aliphatic rings. The molecular weight excluding hydrogens is 402 g/mol. The van der Waals surface area contributed by atoms with Crippen molar-refractivity contribution >= 4 is 17.3 Å². The fourth-order valence-corrected chi connectivity index (χ4v) is 4.23. The van der Waals surface area contributed by atoms with E-state index in [0.29, 0.717) is 5.56 Å². The SMILES string of the molecule is Cc1ccc(C(=O)N(c2ccccc2)C2CCN(Cc3ccc([N+](=O)[O-])cc3)CC2)cc1. The molecule has 6 heteroatoms. The number of non-ortho nitro benzene ring substituents is 1. The Kier molecular flexibility index (Phi) is 6.61. The quantitative estimate of drug-likeness (QED) is 0.398. The van der Waals surface area contributed by atoms with Gasteiger partial charge in [0.15, 0.2) is 0 Å². The number of aryl methyl sites for hydroxylation is 1. The van der Waals surface area contributed by atoms with Crippen molar-refractivity contribution in [2.45, 2.75) is 32.4 Å². The number of benzene rings is 3. The van der Waals surface area contributed by atoms with Gasteiger partial charge in [-0.15, -0.1) is 0 Å². The lowest BCUT2D eigenvalue weighted by atomic mass is 10.00. The molecule has 0 spiro atoms. The molecule has 1 aliphatic heterocycles. The molecule has 164 valence electrons. The molecule has 0 radical (unpaired) electrons. The smallest absolute Gasteiger partial charge is 0.269 e. The largest absolute Gasteiger partial charge is 0.305 e. The number of piperidine rings is 1. The molecule has 4 rings (SSSR count). The summed E-state index contributed by atoms with van der Waals surface area (Å²) in [5.74, 6) is 0.0324. The Bertz CT molecular complexity index is 1060. The van der Waals surface area contributed by atoms with E-state index in [9.17, 15) is 14.9 Å². The second-order valence-corrected chi connectivity index (χ2v) is 8.31. The van der Waals surface area contributed by atoms with Crippen molar-refractivity contribution in [3.8, 4) is 0 Å². The van der Waals surface area contributed by atoms with Crippen molar-refractivity contribution in [3.05, 3.63) is 106 Å². The number of nitrogens with zero attached hydrogens (tertiary/aromatic N) is 3. The van der Waals surface area contributed by atoms with Crippen LogP contribution < -0.4 is 4.90 Å². The number of anilines is 1. The molecule has 0 bridgehead atoms. The predicted molar refractivity (Wildman–Crippen MR) is 126 cm³/mol. The minimum absolute atomic E-state index is 0.0324. The summed E-state index contributed by atoms with van der Waals surface area (Å²) in [6, 6.07) is 24.5. The summed E-state index contributed by atoms with van der Waals surface area (Å²) in [5, 5.41) is 10.9. The lowest BCUT2D eigenvalue weighted by molar-refractivity contribution is -0.384. The average Bonchev–Trinajstić information content (AvgIpc) is 2.82. The first kappa shape index (κ1) is 21.7. The third kappa shape index (κ3) is 5.03. The second kappa shape index (κ2) is 9.75. The van der Waals surface area contributed by atoms with Crippen LogP contribution in [0.15, 0.2) is 78.9 Å². The maximum atomic E-state index is 13.5. The minimum Gasteiger partial charge on any atom is -0.305 e. The maximum Gasteiger partial charge on any atom is 0.269 e. The van der Waals surface area contributed by atoms with Crippen LogP contribution in [0, 0.1) is 17.0 Å². The van der Waals surface area contributed by atoms with Crippen molar-refractivity contribution in [2.24, 2.45) is 0 Å². The molecule has 32 heavy (non-hydrogen) atoms. The lowest BCUT2D eigenvalue weighted by Crippen LogP contribution is -2.47. The summed E-state index contributed by atoms with van der Waals surface area (Å²) in [6.45, 7) is 4.50. The monoisotopic (exact) mass is 429 g/mol. The number of nitro groups is 1. The Labute approximate surface area is 188 Å². The molecule has 0 atom stereocenters. The van der Waals surface area contributed by atoms with E-state index in [1.807, 2.05) is 78.6 Å². The highest BCUT2D eigenvalue weighted by atomic mass is 16.6. The van der Waals surface area contributed by atoms with E-state index < -0.39 is 0 Å². The molecule has 1 heterocycles. The van der Waals surface area contributed by atoms with Gasteiger partial charge in [0.2, 0.25) is 0 Å². The summed E-state index contributed by atoms with van der Waals surface area (Å²) < 4.78 is 0. The van der Waals surface area contributed by atoms with Gasteiger partial charge in [0.25, 0.3) is 11.6 Å². The number of rotatable bonds is 6. The van der Waals surface area contributed by atoms with Gasteiger partial charge in [-0.25, -0.2) is 0 Å². The van der Waals surface area contributed by atoms with E-state index in [-0.39, 0.29) is 22.6 Å². The Balaban J connectivity index is 1.46. The standard InChI is InChI=1S/C26H27N3O3/c1-20-7-11-22(12-8-20)26(30)28(23-5-3-2-4-6-23)24-15-17-27(18-16-24)19-21-9-13-25(14-10-21)29(31)32/h2-14,24H,15-19H2,1H3. The van der Waals surface area contributed by atoms with Crippen LogP contribution in [0.25, 0.3) is 0 Å². The first-order chi connectivity index (χ1) is 15.5. The molecule has 3 aromatic carbocycles. The van der Waals surface area contributed by atoms with Crippen LogP contribution in [-0.2, 0) is 6.54 Å². The molecule has 6 nitrogen and oxygen atoms in total. The first-order valence-corrected chi connectivity index (χ1v) is 10.9. The van der Waals surface area contributed by atoms with Gasteiger partial charge in [-0.1, -0.05) is 48.0 Å². The van der Waals surface area contributed by atoms with E-state index in [0.717, 1.165) is 49.3 Å². The number of carbonyl (C=O) groups excluding carboxylic acids is 1. The van der Waals surface area contributed by atoms with Crippen molar-refractivity contribution < 1.29 is 9.72 Å². The normalized spacial score (nSPS) is 14.8. The van der Waals surface area contributed by atoms with Gasteiger partial charge >= 0.3 is 0 Å². The van der Waals surface area contributed by atoms with Crippen LogP contribution >= 0.6 is 0 Å². The molecule has 0 aliphatic carbocycles. The predicted octanol–water partition coefficient (Wildman–Crippen LogP) is 5.21. The van der Waals surface area contributed by atoms with Crippen LogP contribution in [0.4, 0.5) is 11.4 Å². The molecule has 1 fully saturated rings. The lowest BCUT2D eigenvalue weighted by Gasteiger charge is -2.38. The molecule has 0 N–H and O–H groups in total. The second-order valence-electron chi connectivity index (χ2n) is 8.31. The van der Waals surface area contributed by atoms with Gasteiger partial charge in [-0.3, -0.25) is 19.8 Å². The highest BCUT2D eigenvalue weighted by molar-refractivity contribution is 6.06. The third-order valence-electron chi connectivity index (χ3n) is 6.03. The fraction of sp³-hybridized carbons (Fsp3) is 0.269. The molecule has 3 aromatic rings. The van der Waals surface area contributed by atoms with Gasteiger partial charge in [0.05, 0.1) is 4.92 Å². The molecule has 1 saturated heterocycles. The number of nitro benzene ring substituents is 1. The van der Waals surface area contributed by atoms with E-state index in [1.165, 1.54) is 0 Å². The van der Waals surface area contributed by atoms with Gasteiger partial charge in [-0.05, 0) is 49.6 Å². The van der Waals surface area contributed by atoms with Gasteiger partial charge in [-0.2, -0.15) is 0 Å². The van der Waals surface area contributed by atoms with E-state index in [4.69, 9.17) is 0 Å². The van der Waals surface area contributed by atoms with Crippen LogP contribution in [0.2, 0.25) is 0 Å². The summed E-state index contributed by atoms with van der Waals surface area (Å²) >= 11 is 0. The van der Waals surface area contributed by atoms with E-state index in [1.54, 1.807) is 12.1 Å². The van der Waals surface area contributed by atoms with Crippen LogP contribution in [0.1, 0.15) is 34.3 Å². The number of hydrogen-bond donors (Lipinski definition) is 0. The number of likely N-dealkylation sites (tertiary alicyclic amines) is 1. The fourth-order valence-electron chi connectivity index (χ4n) is 4.23. The van der Waals surface area contributed by atoms with E-state index >= 15 is 0 Å². The number of amides is 1. The van der Waals surface area contributed by atoms with Crippen LogP contribution in [0.5, 0.6) is 0 Å². The molecule has 1 amide bonds. The first-order valence-electron chi connectivity index (χ1n) is 10.9. The van der Waals surface area contributed by atoms with Gasteiger partial charge in [0.1, 0.15) is 0 Å². The Morgan fingerprint density at radius 3 is 2.19 bits per heavy atom. The topological polar surface area (TPSA) is 66.7 Å². The molecular formula is C26H27N3O3. The minimum atomic E-state index is -0.376. The highest BCUT2D eigenvalue weighted by Gasteiger charge is 2.29. The summed E-state index contributed by atoms with van der Waals surface area (Å²) in [4.78, 5) is 28.2. The molecule has 0 aromatic heterocycles. The summed E-state index contributed by atoms with van der Waals surface area (Å²) in [5.41, 5.74) is 3.93. The van der Waals surface area contributed by atoms with Gasteiger partial charge in [0, 0.05) is 49.1 Å². The number of carbonyl (C=O) groups is 1. The Morgan fingerprint density at radius 2 is 1.59 bits per heavy atom. The highest BCUT2D eigenvalue weighted by Crippen LogP contribution is 2.27. The van der Waals surface area contributed by atoms with Crippen LogP contribution in [-0.4, -0.2) is 34.9 Å². The van der Waals surface area contributed by atoms with Crippen molar-refractivity contribution in [3.63, 3.8) is 0 Å². The maximum absolute atomic E-state index is 13.5. The number of hydrogen-bond acceptors (Lipinski definition) is 4. The molecule has 0 unspecified atom stereocenters. The summed E-state index contributed by atoms with van der Waals surface area (Å²) in [7, 11) is 0. The third-order valence-corrected chi connectivity index (χ3v) is 6.03. The summed E-state index contributed by atoms with van der Waals surface area (Å²) in [6.07, 6.45) is 1.75. The average molecular weight is 430 g/mol. The number of para-hydroxylation sites is 1. The molecule has 0 saturated carbocycles.